The zero-order valence-electron chi connectivity index (χ0n) is 15.1. The molecular weight excluding hydrogens is 316 g/mol. The fraction of sp³-hybridized carbons (Fsp3) is 0.429. The van der Waals surface area contributed by atoms with Gasteiger partial charge in [0.15, 0.2) is 0 Å². The molecule has 0 amide bonds. The fourth-order valence-electron chi connectivity index (χ4n) is 3.30. The Morgan fingerprint density at radius 2 is 1.04 bits per heavy atom. The second kappa shape index (κ2) is 9.44. The van der Waals surface area contributed by atoms with Crippen molar-refractivity contribution in [1.29, 1.82) is 0 Å². The molecule has 0 aliphatic rings. The lowest BCUT2D eigenvalue weighted by atomic mass is 9.70. The van der Waals surface area contributed by atoms with Gasteiger partial charge in [-0.2, -0.15) is 0 Å². The van der Waals surface area contributed by atoms with Crippen LogP contribution in [0.15, 0.2) is 48.5 Å². The lowest BCUT2D eigenvalue weighted by molar-refractivity contribution is 0.201. The summed E-state index contributed by atoms with van der Waals surface area (Å²) in [5.74, 6) is 1.54. The van der Waals surface area contributed by atoms with Crippen LogP contribution in [0.1, 0.15) is 37.8 Å². The lowest BCUT2D eigenvalue weighted by Crippen LogP contribution is -2.26. The summed E-state index contributed by atoms with van der Waals surface area (Å²) in [6, 6.07) is 16.3. The number of rotatable bonds is 10. The zero-order valence-corrected chi connectivity index (χ0v) is 15.1. The van der Waals surface area contributed by atoms with Crippen molar-refractivity contribution in [3.05, 3.63) is 59.7 Å². The molecule has 2 aromatic rings. The molecule has 2 aromatic carbocycles. The van der Waals surface area contributed by atoms with E-state index in [1.54, 1.807) is 0 Å². The van der Waals surface area contributed by atoms with Gasteiger partial charge in [-0.05, 0) is 48.2 Å². The number of hydrogen-bond donors (Lipinski definition) is 2. The Labute approximate surface area is 150 Å². The third kappa shape index (κ3) is 4.53. The summed E-state index contributed by atoms with van der Waals surface area (Å²) in [6.07, 6.45) is 1.97. The van der Waals surface area contributed by atoms with E-state index in [9.17, 15) is 0 Å². The van der Waals surface area contributed by atoms with Crippen LogP contribution in [0.25, 0.3) is 0 Å². The van der Waals surface area contributed by atoms with Gasteiger partial charge in [-0.25, -0.2) is 0 Å². The third-order valence-corrected chi connectivity index (χ3v) is 4.74. The molecule has 4 heteroatoms. The molecule has 0 unspecified atom stereocenters. The predicted molar refractivity (Wildman–Crippen MR) is 99.4 cm³/mol. The molecule has 0 atom stereocenters. The van der Waals surface area contributed by atoms with Crippen LogP contribution in [0, 0.1) is 0 Å². The molecule has 136 valence electrons. The van der Waals surface area contributed by atoms with Crippen molar-refractivity contribution in [3.63, 3.8) is 0 Å². The number of aliphatic hydroxyl groups excluding tert-OH is 2. The SMILES string of the molecule is CCC(CC)(c1ccc(OCCO)cc1)c1ccc(OCCO)cc1. The maximum Gasteiger partial charge on any atom is 0.119 e. The van der Waals surface area contributed by atoms with E-state index in [2.05, 4.69) is 38.1 Å². The second-order valence-electron chi connectivity index (χ2n) is 5.98. The first-order valence-electron chi connectivity index (χ1n) is 8.88. The first kappa shape index (κ1) is 19.3. The van der Waals surface area contributed by atoms with Crippen molar-refractivity contribution in [3.8, 4) is 11.5 Å². The highest BCUT2D eigenvalue weighted by molar-refractivity contribution is 5.43. The van der Waals surface area contributed by atoms with Gasteiger partial charge in [-0.15, -0.1) is 0 Å². The van der Waals surface area contributed by atoms with E-state index in [1.807, 2.05) is 24.3 Å². The summed E-state index contributed by atoms with van der Waals surface area (Å²) in [7, 11) is 0. The highest BCUT2D eigenvalue weighted by atomic mass is 16.5. The number of benzene rings is 2. The predicted octanol–water partition coefficient (Wildman–Crippen LogP) is 3.53. The molecule has 0 aliphatic heterocycles. The minimum absolute atomic E-state index is 0.0142. The Morgan fingerprint density at radius 3 is 1.32 bits per heavy atom. The van der Waals surface area contributed by atoms with Crippen LogP contribution in [0.5, 0.6) is 11.5 Å². The molecular formula is C21H28O4. The number of aliphatic hydroxyl groups is 2. The number of ether oxygens (including phenoxy) is 2. The van der Waals surface area contributed by atoms with Crippen molar-refractivity contribution in [1.82, 2.24) is 0 Å². The quantitative estimate of drug-likeness (QED) is 0.692. The van der Waals surface area contributed by atoms with Gasteiger partial charge < -0.3 is 19.7 Å². The highest BCUT2D eigenvalue weighted by Gasteiger charge is 2.30. The van der Waals surface area contributed by atoms with Crippen molar-refractivity contribution < 1.29 is 19.7 Å². The standard InChI is InChI=1S/C21H28O4/c1-3-21(4-2,17-5-9-19(10-6-17)24-15-13-22)18-7-11-20(12-8-18)25-16-14-23/h5-12,22-23H,3-4,13-16H2,1-2H3. The van der Waals surface area contributed by atoms with Gasteiger partial charge in [0.1, 0.15) is 24.7 Å². The summed E-state index contributed by atoms with van der Waals surface area (Å²) in [5.41, 5.74) is 2.43. The van der Waals surface area contributed by atoms with Crippen molar-refractivity contribution in [2.75, 3.05) is 26.4 Å². The van der Waals surface area contributed by atoms with Gasteiger partial charge in [0, 0.05) is 5.41 Å². The van der Waals surface area contributed by atoms with E-state index in [4.69, 9.17) is 19.7 Å². The van der Waals surface area contributed by atoms with Crippen LogP contribution in [-0.2, 0) is 5.41 Å². The Hall–Kier alpha value is -2.04. The van der Waals surface area contributed by atoms with E-state index in [0.717, 1.165) is 24.3 Å². The fourth-order valence-corrected chi connectivity index (χ4v) is 3.30. The molecule has 0 bridgehead atoms. The summed E-state index contributed by atoms with van der Waals surface area (Å²) < 4.78 is 10.9. The summed E-state index contributed by atoms with van der Waals surface area (Å²) in [4.78, 5) is 0. The smallest absolute Gasteiger partial charge is 0.119 e. The van der Waals surface area contributed by atoms with Crippen molar-refractivity contribution in [2.45, 2.75) is 32.1 Å². The maximum atomic E-state index is 8.86. The first-order chi connectivity index (χ1) is 12.2. The van der Waals surface area contributed by atoms with E-state index >= 15 is 0 Å². The van der Waals surface area contributed by atoms with Crippen LogP contribution < -0.4 is 9.47 Å². The Balaban J connectivity index is 2.27. The van der Waals surface area contributed by atoms with Gasteiger partial charge in [0.05, 0.1) is 13.2 Å². The van der Waals surface area contributed by atoms with Gasteiger partial charge in [0.2, 0.25) is 0 Å². The van der Waals surface area contributed by atoms with Crippen molar-refractivity contribution >= 4 is 0 Å². The third-order valence-electron chi connectivity index (χ3n) is 4.74. The van der Waals surface area contributed by atoms with Crippen LogP contribution in [-0.4, -0.2) is 36.6 Å². The Bertz CT molecular complexity index is 562. The van der Waals surface area contributed by atoms with Gasteiger partial charge in [0.25, 0.3) is 0 Å². The maximum absolute atomic E-state index is 8.86. The van der Waals surface area contributed by atoms with E-state index in [-0.39, 0.29) is 18.6 Å². The molecule has 2 N–H and O–H groups in total. The van der Waals surface area contributed by atoms with E-state index in [1.165, 1.54) is 11.1 Å². The van der Waals surface area contributed by atoms with Gasteiger partial charge in [-0.3, -0.25) is 0 Å². The van der Waals surface area contributed by atoms with Crippen LogP contribution in [0.4, 0.5) is 0 Å². The van der Waals surface area contributed by atoms with Gasteiger partial charge in [-0.1, -0.05) is 38.1 Å². The van der Waals surface area contributed by atoms with Crippen LogP contribution in [0.2, 0.25) is 0 Å². The minimum atomic E-state index is -0.0645. The lowest BCUT2D eigenvalue weighted by Gasteiger charge is -2.33. The average Bonchev–Trinajstić information content (AvgIpc) is 2.68. The van der Waals surface area contributed by atoms with Gasteiger partial charge >= 0.3 is 0 Å². The Kier molecular flexibility index (Phi) is 7.29. The molecule has 2 rings (SSSR count). The largest absolute Gasteiger partial charge is 0.491 e. The van der Waals surface area contributed by atoms with Crippen LogP contribution in [0.3, 0.4) is 0 Å². The molecule has 25 heavy (non-hydrogen) atoms. The van der Waals surface area contributed by atoms with Crippen LogP contribution >= 0.6 is 0 Å². The Morgan fingerprint density at radius 1 is 0.680 bits per heavy atom. The molecule has 4 nitrogen and oxygen atoms in total. The molecule has 0 fully saturated rings. The molecule has 0 spiro atoms. The molecule has 0 radical (unpaired) electrons. The monoisotopic (exact) mass is 344 g/mol. The average molecular weight is 344 g/mol. The van der Waals surface area contributed by atoms with E-state index in [0.29, 0.717) is 13.2 Å². The highest BCUT2D eigenvalue weighted by Crippen LogP contribution is 2.39. The molecule has 0 heterocycles. The normalized spacial score (nSPS) is 11.4. The minimum Gasteiger partial charge on any atom is -0.491 e. The topological polar surface area (TPSA) is 58.9 Å². The zero-order chi connectivity index (χ0) is 18.1. The van der Waals surface area contributed by atoms with E-state index < -0.39 is 0 Å². The molecule has 0 aliphatic carbocycles. The second-order valence-corrected chi connectivity index (χ2v) is 5.98. The van der Waals surface area contributed by atoms with Crippen molar-refractivity contribution in [2.24, 2.45) is 0 Å². The summed E-state index contributed by atoms with van der Waals surface area (Å²) in [6.45, 7) is 5.05. The summed E-state index contributed by atoms with van der Waals surface area (Å²) >= 11 is 0. The number of hydrogen-bond acceptors (Lipinski definition) is 4. The molecule has 0 aromatic heterocycles. The first-order valence-corrected chi connectivity index (χ1v) is 8.88. The molecule has 0 saturated heterocycles. The summed E-state index contributed by atoms with van der Waals surface area (Å²) in [5, 5.41) is 17.7. The molecule has 0 saturated carbocycles.